The maximum absolute atomic E-state index is 12.5. The molecule has 0 aliphatic rings. The lowest BCUT2D eigenvalue weighted by molar-refractivity contribution is -0.167. The van der Waals surface area contributed by atoms with Crippen LogP contribution in [-0.2, 0) is 28.6 Å². The van der Waals surface area contributed by atoms with Gasteiger partial charge in [0.05, 0.1) is 0 Å². The van der Waals surface area contributed by atoms with Gasteiger partial charge < -0.3 is 14.2 Å². The Hall–Kier alpha value is -1.59. The SMILES string of the molecule is CCCCCCCC(=O)O[C@@H](COC(=O)CCCCCCCCCCCC(C)C)COC(=O)CCCCCCCCCCC(C)CC. The Morgan fingerprint density at radius 2 is 0.809 bits per heavy atom. The van der Waals surface area contributed by atoms with Crippen molar-refractivity contribution in [3.8, 4) is 0 Å². The van der Waals surface area contributed by atoms with Gasteiger partial charge in [0.15, 0.2) is 6.10 Å². The van der Waals surface area contributed by atoms with Gasteiger partial charge in [0.1, 0.15) is 13.2 Å². The molecule has 47 heavy (non-hydrogen) atoms. The molecule has 0 spiro atoms. The minimum absolute atomic E-state index is 0.0676. The zero-order chi connectivity index (χ0) is 34.8. The maximum Gasteiger partial charge on any atom is 0.306 e. The summed E-state index contributed by atoms with van der Waals surface area (Å²) in [5.41, 5.74) is 0. The van der Waals surface area contributed by atoms with Gasteiger partial charge in [0, 0.05) is 19.3 Å². The van der Waals surface area contributed by atoms with Gasteiger partial charge in [-0.2, -0.15) is 0 Å². The van der Waals surface area contributed by atoms with Crippen LogP contribution in [0.15, 0.2) is 0 Å². The van der Waals surface area contributed by atoms with Crippen molar-refractivity contribution in [3.63, 3.8) is 0 Å². The third kappa shape index (κ3) is 34.1. The minimum atomic E-state index is -0.758. The molecule has 6 heteroatoms. The van der Waals surface area contributed by atoms with Gasteiger partial charge in [-0.15, -0.1) is 0 Å². The van der Waals surface area contributed by atoms with Crippen LogP contribution in [-0.4, -0.2) is 37.2 Å². The van der Waals surface area contributed by atoms with E-state index in [1.54, 1.807) is 0 Å². The molecule has 0 rings (SSSR count). The second-order valence-corrected chi connectivity index (χ2v) is 14.6. The van der Waals surface area contributed by atoms with Crippen LogP contribution in [0.3, 0.4) is 0 Å². The molecular weight excluding hydrogens is 588 g/mol. The Kier molecular flexibility index (Phi) is 33.1. The van der Waals surface area contributed by atoms with Crippen LogP contribution in [0.5, 0.6) is 0 Å². The van der Waals surface area contributed by atoms with Gasteiger partial charge in [-0.05, 0) is 31.1 Å². The number of ether oxygens (including phenoxy) is 3. The molecule has 0 aliphatic heterocycles. The Bertz CT molecular complexity index is 721. The predicted octanol–water partition coefficient (Wildman–Crippen LogP) is 12.2. The molecule has 0 fully saturated rings. The van der Waals surface area contributed by atoms with Crippen molar-refractivity contribution in [2.75, 3.05) is 13.2 Å². The molecule has 0 heterocycles. The van der Waals surface area contributed by atoms with Crippen LogP contribution < -0.4 is 0 Å². The van der Waals surface area contributed by atoms with Crippen molar-refractivity contribution in [2.24, 2.45) is 11.8 Å². The number of unbranched alkanes of at least 4 members (excludes halogenated alkanes) is 19. The molecule has 0 saturated carbocycles. The van der Waals surface area contributed by atoms with Gasteiger partial charge in [0.25, 0.3) is 0 Å². The first-order chi connectivity index (χ1) is 22.8. The van der Waals surface area contributed by atoms with Crippen molar-refractivity contribution in [1.29, 1.82) is 0 Å². The average Bonchev–Trinajstić information content (AvgIpc) is 3.05. The summed E-state index contributed by atoms with van der Waals surface area (Å²) in [6, 6.07) is 0. The van der Waals surface area contributed by atoms with Crippen LogP contribution >= 0.6 is 0 Å². The molecule has 6 nitrogen and oxygen atoms in total. The van der Waals surface area contributed by atoms with Crippen LogP contribution in [0.25, 0.3) is 0 Å². The van der Waals surface area contributed by atoms with Gasteiger partial charge in [-0.1, -0.05) is 176 Å². The van der Waals surface area contributed by atoms with E-state index in [1.807, 2.05) is 0 Å². The lowest BCUT2D eigenvalue weighted by Gasteiger charge is -2.18. The van der Waals surface area contributed by atoms with Crippen molar-refractivity contribution in [2.45, 2.75) is 221 Å². The monoisotopic (exact) mass is 667 g/mol. The number of hydrogen-bond donors (Lipinski definition) is 0. The van der Waals surface area contributed by atoms with E-state index in [9.17, 15) is 14.4 Å². The largest absolute Gasteiger partial charge is 0.462 e. The Morgan fingerprint density at radius 1 is 0.447 bits per heavy atom. The van der Waals surface area contributed by atoms with E-state index in [0.717, 1.165) is 76.0 Å². The first-order valence-corrected chi connectivity index (χ1v) is 20.3. The van der Waals surface area contributed by atoms with E-state index in [1.165, 1.54) is 96.3 Å². The zero-order valence-electron chi connectivity index (χ0n) is 31.9. The van der Waals surface area contributed by atoms with Crippen LogP contribution in [0, 0.1) is 11.8 Å². The first kappa shape index (κ1) is 45.4. The van der Waals surface area contributed by atoms with Gasteiger partial charge in [-0.25, -0.2) is 0 Å². The van der Waals surface area contributed by atoms with Crippen LogP contribution in [0.4, 0.5) is 0 Å². The minimum Gasteiger partial charge on any atom is -0.462 e. The summed E-state index contributed by atoms with van der Waals surface area (Å²) in [6.45, 7) is 11.2. The third-order valence-corrected chi connectivity index (χ3v) is 9.33. The maximum atomic E-state index is 12.5. The standard InChI is InChI=1S/C41H78O6/c1-6-8-9-19-28-33-41(44)47-38(34-45-39(42)31-26-22-17-12-10-11-15-20-24-29-36(3)4)35-46-40(43)32-27-23-18-14-13-16-21-25-30-37(5)7-2/h36-38H,6-35H2,1-5H3/t37?,38-/m0/s1. The molecule has 0 aromatic heterocycles. The van der Waals surface area contributed by atoms with Gasteiger partial charge >= 0.3 is 17.9 Å². The third-order valence-electron chi connectivity index (χ3n) is 9.33. The van der Waals surface area contributed by atoms with Crippen molar-refractivity contribution < 1.29 is 28.6 Å². The lowest BCUT2D eigenvalue weighted by Crippen LogP contribution is -2.30. The molecule has 2 atom stereocenters. The molecule has 0 aromatic rings. The quantitative estimate of drug-likeness (QED) is 0.0380. The first-order valence-electron chi connectivity index (χ1n) is 20.3. The fourth-order valence-electron chi connectivity index (χ4n) is 5.84. The number of rotatable bonds is 35. The highest BCUT2D eigenvalue weighted by molar-refractivity contribution is 5.71. The van der Waals surface area contributed by atoms with Gasteiger partial charge in [0.2, 0.25) is 0 Å². The predicted molar refractivity (Wildman–Crippen MR) is 196 cm³/mol. The summed E-state index contributed by atoms with van der Waals surface area (Å²) in [5.74, 6) is 0.776. The molecule has 0 bridgehead atoms. The average molecular weight is 667 g/mol. The summed E-state index contributed by atoms with van der Waals surface area (Å²) in [6.07, 6.45) is 29.7. The second kappa shape index (κ2) is 34.3. The fourth-order valence-corrected chi connectivity index (χ4v) is 5.84. The van der Waals surface area contributed by atoms with E-state index in [2.05, 4.69) is 34.6 Å². The van der Waals surface area contributed by atoms with Gasteiger partial charge in [-0.3, -0.25) is 14.4 Å². The highest BCUT2D eigenvalue weighted by Gasteiger charge is 2.19. The molecule has 0 amide bonds. The van der Waals surface area contributed by atoms with Crippen LogP contribution in [0.2, 0.25) is 0 Å². The number of carbonyl (C=O) groups is 3. The molecule has 0 aliphatic carbocycles. The molecule has 1 unspecified atom stereocenters. The molecular formula is C41H78O6. The summed E-state index contributed by atoms with van der Waals surface area (Å²) in [7, 11) is 0. The smallest absolute Gasteiger partial charge is 0.306 e. The van der Waals surface area contributed by atoms with E-state index in [-0.39, 0.29) is 31.1 Å². The molecule has 278 valence electrons. The highest BCUT2D eigenvalue weighted by Crippen LogP contribution is 2.16. The Balaban J connectivity index is 4.23. The van der Waals surface area contributed by atoms with Crippen LogP contribution in [0.1, 0.15) is 214 Å². The normalized spacial score (nSPS) is 12.6. The number of esters is 3. The summed E-state index contributed by atoms with van der Waals surface area (Å²) >= 11 is 0. The fraction of sp³-hybridized carbons (Fsp3) is 0.927. The molecule has 0 N–H and O–H groups in total. The Labute approximate surface area is 291 Å². The Morgan fingerprint density at radius 3 is 1.21 bits per heavy atom. The summed E-state index contributed by atoms with van der Waals surface area (Å²) in [4.78, 5) is 37.3. The van der Waals surface area contributed by atoms with E-state index >= 15 is 0 Å². The molecule has 0 saturated heterocycles. The van der Waals surface area contributed by atoms with Crippen molar-refractivity contribution in [1.82, 2.24) is 0 Å². The summed E-state index contributed by atoms with van der Waals surface area (Å²) in [5, 5.41) is 0. The van der Waals surface area contributed by atoms with Crippen molar-refractivity contribution >= 4 is 17.9 Å². The lowest BCUT2D eigenvalue weighted by atomic mass is 9.99. The summed E-state index contributed by atoms with van der Waals surface area (Å²) < 4.78 is 16.5. The molecule has 0 radical (unpaired) electrons. The topological polar surface area (TPSA) is 78.9 Å². The van der Waals surface area contributed by atoms with E-state index < -0.39 is 6.10 Å². The number of hydrogen-bond acceptors (Lipinski definition) is 6. The van der Waals surface area contributed by atoms with E-state index in [4.69, 9.17) is 14.2 Å². The molecule has 0 aromatic carbocycles. The highest BCUT2D eigenvalue weighted by atomic mass is 16.6. The van der Waals surface area contributed by atoms with E-state index in [0.29, 0.717) is 19.3 Å². The second-order valence-electron chi connectivity index (χ2n) is 14.6. The van der Waals surface area contributed by atoms with Crippen molar-refractivity contribution in [3.05, 3.63) is 0 Å². The number of carbonyl (C=O) groups excluding carboxylic acids is 3. The zero-order valence-corrected chi connectivity index (χ0v) is 31.9.